The smallest absolute Gasteiger partial charge is 0.290 e. The molecular formula is C26H19NO5S. The highest BCUT2D eigenvalue weighted by Gasteiger charge is 2.44. The van der Waals surface area contributed by atoms with Gasteiger partial charge in [0, 0.05) is 0 Å². The Kier molecular flexibility index (Phi) is 5.54. The Hall–Kier alpha value is -4.10. The number of aliphatic hydroxyl groups is 1. The number of carbonyl (C=O) groups is 2. The normalized spacial score (nSPS) is 15.8. The molecule has 0 spiro atoms. The van der Waals surface area contributed by atoms with Gasteiger partial charge in [-0.15, -0.1) is 11.3 Å². The summed E-state index contributed by atoms with van der Waals surface area (Å²) in [5.41, 5.74) is 0.693. The maximum absolute atomic E-state index is 13.3. The van der Waals surface area contributed by atoms with Gasteiger partial charge in [-0.1, -0.05) is 36.4 Å². The first-order valence-corrected chi connectivity index (χ1v) is 11.2. The van der Waals surface area contributed by atoms with Crippen LogP contribution in [-0.4, -0.2) is 21.7 Å². The first-order valence-electron chi connectivity index (χ1n) is 10.3. The summed E-state index contributed by atoms with van der Waals surface area (Å²) in [6, 6.07) is 22.6. The number of Topliss-reactive ketones (excluding diaryl/α,β-unsaturated/α-hetero) is 1. The van der Waals surface area contributed by atoms with Crippen LogP contribution in [-0.2, 0) is 11.3 Å². The molecule has 2 aromatic heterocycles. The number of carbonyl (C=O) groups excluding carboxylic acids is 2. The number of ether oxygens (including phenoxy) is 1. The van der Waals surface area contributed by atoms with E-state index in [1.807, 2.05) is 36.4 Å². The largest absolute Gasteiger partial charge is 0.503 e. The standard InChI is InChI=1S/C26H19NO5S/c28-24(21-12-6-14-33-21)22-23(27(26(30)25(22)29)16-20-11-5-13-31-20)17-7-4-10-19(15-17)32-18-8-2-1-3-9-18/h1-15,23,29H,16H2/t23-/m0/s1. The Labute approximate surface area is 194 Å². The number of benzene rings is 2. The summed E-state index contributed by atoms with van der Waals surface area (Å²) in [7, 11) is 0. The number of aliphatic hydroxyl groups excluding tert-OH is 1. The van der Waals surface area contributed by atoms with Gasteiger partial charge in [-0.05, 0) is 53.4 Å². The van der Waals surface area contributed by atoms with E-state index in [0.717, 1.165) is 0 Å². The number of furan rings is 1. The molecule has 1 aliphatic rings. The quantitative estimate of drug-likeness (QED) is 0.349. The maximum atomic E-state index is 13.3. The Morgan fingerprint density at radius 2 is 1.82 bits per heavy atom. The summed E-state index contributed by atoms with van der Waals surface area (Å²) in [5.74, 6) is 0.223. The molecule has 1 N–H and O–H groups in total. The topological polar surface area (TPSA) is 80.0 Å². The lowest BCUT2D eigenvalue weighted by Crippen LogP contribution is -2.30. The summed E-state index contributed by atoms with van der Waals surface area (Å²) >= 11 is 1.26. The van der Waals surface area contributed by atoms with E-state index in [9.17, 15) is 14.7 Å². The molecule has 1 atom stereocenters. The second-order valence-corrected chi connectivity index (χ2v) is 8.42. The van der Waals surface area contributed by atoms with Crippen LogP contribution in [0.4, 0.5) is 0 Å². The molecular weight excluding hydrogens is 438 g/mol. The SMILES string of the molecule is O=C(C1=C(O)C(=O)N(Cc2ccco2)[C@H]1c1cccc(Oc2ccccc2)c1)c1cccs1. The lowest BCUT2D eigenvalue weighted by Gasteiger charge is -2.26. The first-order chi connectivity index (χ1) is 16.1. The van der Waals surface area contributed by atoms with E-state index in [0.29, 0.717) is 27.7 Å². The number of nitrogens with zero attached hydrogens (tertiary/aromatic N) is 1. The summed E-state index contributed by atoms with van der Waals surface area (Å²) in [6.45, 7) is 0.103. The van der Waals surface area contributed by atoms with E-state index in [1.165, 1.54) is 22.5 Å². The summed E-state index contributed by atoms with van der Waals surface area (Å²) in [4.78, 5) is 28.3. The molecule has 0 bridgehead atoms. The third-order valence-corrected chi connectivity index (χ3v) is 6.22. The Balaban J connectivity index is 1.56. The molecule has 1 aliphatic heterocycles. The van der Waals surface area contributed by atoms with Crippen molar-refractivity contribution in [2.45, 2.75) is 12.6 Å². The Morgan fingerprint density at radius 1 is 1.00 bits per heavy atom. The van der Waals surface area contributed by atoms with Crippen LogP contribution in [0, 0.1) is 0 Å². The second kappa shape index (κ2) is 8.80. The zero-order valence-corrected chi connectivity index (χ0v) is 18.2. The molecule has 33 heavy (non-hydrogen) atoms. The van der Waals surface area contributed by atoms with Crippen LogP contribution in [0.5, 0.6) is 11.5 Å². The molecule has 7 heteroatoms. The molecule has 164 valence electrons. The van der Waals surface area contributed by atoms with Gasteiger partial charge in [0.2, 0.25) is 5.78 Å². The van der Waals surface area contributed by atoms with Crippen LogP contribution >= 0.6 is 11.3 Å². The molecule has 6 nitrogen and oxygen atoms in total. The van der Waals surface area contributed by atoms with Crippen molar-refractivity contribution < 1.29 is 23.8 Å². The summed E-state index contributed by atoms with van der Waals surface area (Å²) in [6.07, 6.45) is 1.52. The molecule has 2 aromatic carbocycles. The zero-order chi connectivity index (χ0) is 22.8. The van der Waals surface area contributed by atoms with Gasteiger partial charge >= 0.3 is 0 Å². The first kappa shape index (κ1) is 20.8. The van der Waals surface area contributed by atoms with Crippen molar-refractivity contribution in [2.75, 3.05) is 0 Å². The van der Waals surface area contributed by atoms with Crippen LogP contribution < -0.4 is 4.74 Å². The van der Waals surface area contributed by atoms with E-state index in [2.05, 4.69) is 0 Å². The Bertz CT molecular complexity index is 1310. The minimum atomic E-state index is -0.795. The van der Waals surface area contributed by atoms with E-state index >= 15 is 0 Å². The molecule has 0 unspecified atom stereocenters. The third-order valence-electron chi connectivity index (χ3n) is 5.35. The number of ketones is 1. The molecule has 3 heterocycles. The van der Waals surface area contributed by atoms with Gasteiger partial charge in [-0.2, -0.15) is 0 Å². The van der Waals surface area contributed by atoms with E-state index in [4.69, 9.17) is 9.15 Å². The molecule has 0 fully saturated rings. The van der Waals surface area contributed by atoms with Crippen molar-refractivity contribution in [1.82, 2.24) is 4.90 Å². The fourth-order valence-electron chi connectivity index (χ4n) is 3.88. The highest BCUT2D eigenvalue weighted by Crippen LogP contribution is 2.41. The molecule has 0 radical (unpaired) electrons. The fraction of sp³-hybridized carbons (Fsp3) is 0.0769. The Morgan fingerprint density at radius 3 is 2.55 bits per heavy atom. The van der Waals surface area contributed by atoms with E-state index in [1.54, 1.807) is 47.8 Å². The summed E-state index contributed by atoms with van der Waals surface area (Å²) < 4.78 is 11.4. The van der Waals surface area contributed by atoms with Crippen molar-refractivity contribution in [3.8, 4) is 11.5 Å². The average Bonchev–Trinajstić information content (AvgIpc) is 3.59. The van der Waals surface area contributed by atoms with Crippen molar-refractivity contribution in [3.05, 3.63) is 118 Å². The highest BCUT2D eigenvalue weighted by atomic mass is 32.1. The van der Waals surface area contributed by atoms with Crippen LogP contribution in [0.3, 0.4) is 0 Å². The van der Waals surface area contributed by atoms with Gasteiger partial charge in [0.25, 0.3) is 5.91 Å². The highest BCUT2D eigenvalue weighted by molar-refractivity contribution is 7.12. The number of hydrogen-bond acceptors (Lipinski definition) is 6. The van der Waals surface area contributed by atoms with Crippen LogP contribution in [0.1, 0.15) is 27.0 Å². The van der Waals surface area contributed by atoms with Crippen molar-refractivity contribution in [1.29, 1.82) is 0 Å². The molecule has 0 aliphatic carbocycles. The number of hydrogen-bond donors (Lipinski definition) is 1. The van der Waals surface area contributed by atoms with Crippen LogP contribution in [0.15, 0.2) is 106 Å². The van der Waals surface area contributed by atoms with Crippen molar-refractivity contribution in [3.63, 3.8) is 0 Å². The molecule has 1 amide bonds. The predicted molar refractivity (Wildman–Crippen MR) is 123 cm³/mol. The minimum absolute atomic E-state index is 0.0471. The lowest BCUT2D eigenvalue weighted by molar-refractivity contribution is -0.130. The fourth-order valence-corrected chi connectivity index (χ4v) is 4.56. The van der Waals surface area contributed by atoms with Gasteiger partial charge in [0.05, 0.1) is 29.3 Å². The number of rotatable bonds is 7. The van der Waals surface area contributed by atoms with Gasteiger partial charge in [0.15, 0.2) is 5.76 Å². The average molecular weight is 458 g/mol. The minimum Gasteiger partial charge on any atom is -0.503 e. The van der Waals surface area contributed by atoms with Gasteiger partial charge in [-0.3, -0.25) is 9.59 Å². The van der Waals surface area contributed by atoms with Gasteiger partial charge in [0.1, 0.15) is 17.3 Å². The van der Waals surface area contributed by atoms with E-state index in [-0.39, 0.29) is 17.9 Å². The number of para-hydroxylation sites is 1. The third kappa shape index (κ3) is 4.06. The molecule has 0 saturated heterocycles. The van der Waals surface area contributed by atoms with Gasteiger partial charge < -0.3 is 19.2 Å². The number of thiophene rings is 1. The lowest BCUT2D eigenvalue weighted by atomic mass is 9.95. The summed E-state index contributed by atoms with van der Waals surface area (Å²) in [5, 5.41) is 12.6. The molecule has 4 aromatic rings. The zero-order valence-electron chi connectivity index (χ0n) is 17.4. The monoisotopic (exact) mass is 457 g/mol. The number of amides is 1. The second-order valence-electron chi connectivity index (χ2n) is 7.47. The maximum Gasteiger partial charge on any atom is 0.290 e. The molecule has 5 rings (SSSR count). The van der Waals surface area contributed by atoms with Crippen LogP contribution in [0.25, 0.3) is 0 Å². The van der Waals surface area contributed by atoms with Crippen molar-refractivity contribution in [2.24, 2.45) is 0 Å². The van der Waals surface area contributed by atoms with Crippen molar-refractivity contribution >= 4 is 23.0 Å². The van der Waals surface area contributed by atoms with Gasteiger partial charge in [-0.25, -0.2) is 0 Å². The van der Waals surface area contributed by atoms with Crippen LogP contribution in [0.2, 0.25) is 0 Å². The molecule has 0 saturated carbocycles. The predicted octanol–water partition coefficient (Wildman–Crippen LogP) is 5.91. The van der Waals surface area contributed by atoms with E-state index < -0.39 is 17.7 Å².